The predicted molar refractivity (Wildman–Crippen MR) is 89.0 cm³/mol. The molecule has 0 bridgehead atoms. The van der Waals surface area contributed by atoms with E-state index in [0.717, 1.165) is 57.3 Å². The highest BCUT2D eigenvalue weighted by molar-refractivity contribution is 7.88. The van der Waals surface area contributed by atoms with E-state index in [1.165, 1.54) is 18.4 Å². The molecule has 3 rings (SSSR count). The van der Waals surface area contributed by atoms with Gasteiger partial charge in [0.1, 0.15) is 5.82 Å². The Bertz CT molecular complexity index is 643. The van der Waals surface area contributed by atoms with Gasteiger partial charge < -0.3 is 0 Å². The third kappa shape index (κ3) is 3.75. The molecule has 0 aromatic heterocycles. The van der Waals surface area contributed by atoms with Gasteiger partial charge in [0.25, 0.3) is 0 Å². The van der Waals surface area contributed by atoms with Crippen LogP contribution in [0.5, 0.6) is 0 Å². The van der Waals surface area contributed by atoms with Crippen molar-refractivity contribution in [1.29, 1.82) is 0 Å². The molecule has 2 saturated heterocycles. The monoisotopic (exact) mass is 340 g/mol. The highest BCUT2D eigenvalue weighted by Gasteiger charge is 2.45. The number of likely N-dealkylation sites (tertiary alicyclic amines) is 1. The lowest BCUT2D eigenvalue weighted by atomic mass is 9.81. The summed E-state index contributed by atoms with van der Waals surface area (Å²) >= 11 is 0. The van der Waals surface area contributed by atoms with Gasteiger partial charge in [-0.2, -0.15) is 4.31 Å². The van der Waals surface area contributed by atoms with Crippen LogP contribution in [0.15, 0.2) is 24.3 Å². The van der Waals surface area contributed by atoms with Crippen LogP contribution in [0.3, 0.4) is 0 Å². The van der Waals surface area contributed by atoms with Crippen molar-refractivity contribution >= 4 is 10.0 Å². The Labute approximate surface area is 138 Å². The second-order valence-electron chi connectivity index (χ2n) is 6.96. The van der Waals surface area contributed by atoms with Crippen molar-refractivity contribution in [1.82, 2.24) is 9.21 Å². The zero-order valence-corrected chi connectivity index (χ0v) is 14.5. The molecule has 0 amide bonds. The molecule has 4 nitrogen and oxygen atoms in total. The lowest BCUT2D eigenvalue weighted by molar-refractivity contribution is 0.0337. The molecule has 1 atom stereocenters. The maximum atomic E-state index is 13.0. The minimum Gasteiger partial charge on any atom is -0.297 e. The van der Waals surface area contributed by atoms with E-state index in [2.05, 4.69) is 4.90 Å². The fourth-order valence-electron chi connectivity index (χ4n) is 4.19. The highest BCUT2D eigenvalue weighted by Crippen LogP contribution is 2.38. The normalized spacial score (nSPS) is 27.4. The molecule has 0 radical (unpaired) electrons. The number of benzene rings is 1. The number of hydrogen-bond acceptors (Lipinski definition) is 3. The van der Waals surface area contributed by atoms with Crippen LogP contribution >= 0.6 is 0 Å². The van der Waals surface area contributed by atoms with Crippen LogP contribution in [0.1, 0.15) is 37.7 Å². The minimum atomic E-state index is -3.18. The van der Waals surface area contributed by atoms with Gasteiger partial charge in [0, 0.05) is 25.2 Å². The zero-order valence-electron chi connectivity index (χ0n) is 13.7. The van der Waals surface area contributed by atoms with Crippen LogP contribution < -0.4 is 0 Å². The van der Waals surface area contributed by atoms with Gasteiger partial charge in [0.15, 0.2) is 0 Å². The van der Waals surface area contributed by atoms with Crippen LogP contribution in [0.25, 0.3) is 0 Å². The summed E-state index contributed by atoms with van der Waals surface area (Å²) in [6, 6.07) is 6.59. The van der Waals surface area contributed by atoms with Crippen LogP contribution in [-0.2, 0) is 16.6 Å². The topological polar surface area (TPSA) is 40.6 Å². The largest absolute Gasteiger partial charge is 0.297 e. The molecule has 2 heterocycles. The lowest BCUT2D eigenvalue weighted by Crippen LogP contribution is -2.61. The van der Waals surface area contributed by atoms with Gasteiger partial charge in [-0.25, -0.2) is 12.8 Å². The smallest absolute Gasteiger partial charge is 0.211 e. The van der Waals surface area contributed by atoms with Crippen molar-refractivity contribution in [3.8, 4) is 0 Å². The number of piperidine rings is 2. The molecule has 6 heteroatoms. The van der Waals surface area contributed by atoms with E-state index in [9.17, 15) is 12.8 Å². The summed E-state index contributed by atoms with van der Waals surface area (Å²) in [6.45, 7) is 3.14. The Morgan fingerprint density at radius 1 is 1.09 bits per heavy atom. The summed E-state index contributed by atoms with van der Waals surface area (Å²) < 4.78 is 39.3. The van der Waals surface area contributed by atoms with E-state index >= 15 is 0 Å². The molecule has 0 aliphatic carbocycles. The maximum absolute atomic E-state index is 13.0. The Hall–Kier alpha value is -0.980. The van der Waals surface area contributed by atoms with Gasteiger partial charge in [-0.05, 0) is 49.9 Å². The summed E-state index contributed by atoms with van der Waals surface area (Å²) in [7, 11) is -3.18. The third-order valence-electron chi connectivity index (χ3n) is 5.14. The summed E-state index contributed by atoms with van der Waals surface area (Å²) in [5.74, 6) is -0.223. The van der Waals surface area contributed by atoms with E-state index in [4.69, 9.17) is 0 Å². The molecular weight excluding hydrogens is 315 g/mol. The van der Waals surface area contributed by atoms with E-state index in [1.807, 2.05) is 12.1 Å². The first kappa shape index (κ1) is 16.9. The highest BCUT2D eigenvalue weighted by atomic mass is 32.2. The lowest BCUT2D eigenvalue weighted by Gasteiger charge is -2.51. The van der Waals surface area contributed by atoms with E-state index in [-0.39, 0.29) is 11.4 Å². The molecule has 1 spiro atoms. The van der Waals surface area contributed by atoms with Gasteiger partial charge in [-0.15, -0.1) is 0 Å². The Morgan fingerprint density at radius 3 is 2.48 bits per heavy atom. The SMILES string of the molecule is CS(=O)(=O)N1CCCC[C@]12CCCN(Cc1ccc(F)cc1)C2. The summed E-state index contributed by atoms with van der Waals surface area (Å²) in [6.07, 6.45) is 6.27. The molecule has 1 aromatic rings. The molecule has 23 heavy (non-hydrogen) atoms. The fourth-order valence-corrected chi connectivity index (χ4v) is 5.59. The number of nitrogens with zero attached hydrogens (tertiary/aromatic N) is 2. The van der Waals surface area contributed by atoms with Crippen LogP contribution in [0.2, 0.25) is 0 Å². The van der Waals surface area contributed by atoms with Crippen molar-refractivity contribution in [3.63, 3.8) is 0 Å². The zero-order chi connectivity index (χ0) is 16.5. The number of rotatable bonds is 3. The van der Waals surface area contributed by atoms with E-state index in [1.54, 1.807) is 4.31 Å². The van der Waals surface area contributed by atoms with Crippen LogP contribution in [-0.4, -0.2) is 49.1 Å². The quantitative estimate of drug-likeness (QED) is 0.849. The fraction of sp³-hybridized carbons (Fsp3) is 0.647. The summed E-state index contributed by atoms with van der Waals surface area (Å²) in [5, 5.41) is 0. The van der Waals surface area contributed by atoms with Gasteiger partial charge in [-0.1, -0.05) is 18.6 Å². The van der Waals surface area contributed by atoms with Crippen molar-refractivity contribution < 1.29 is 12.8 Å². The first-order valence-electron chi connectivity index (χ1n) is 8.34. The van der Waals surface area contributed by atoms with Gasteiger partial charge in [0.2, 0.25) is 10.0 Å². The standard InChI is InChI=1S/C17H25FN2O2S/c1-23(21,22)20-12-3-2-9-17(20)10-4-11-19(14-17)13-15-5-7-16(18)8-6-15/h5-8H,2-4,9-14H2,1H3/t17-/m1/s1. The average Bonchev–Trinajstić information content (AvgIpc) is 2.49. The molecule has 1 aromatic carbocycles. The molecule has 2 fully saturated rings. The Balaban J connectivity index is 1.77. The summed E-state index contributed by atoms with van der Waals surface area (Å²) in [4.78, 5) is 2.32. The van der Waals surface area contributed by atoms with Crippen molar-refractivity contribution in [2.24, 2.45) is 0 Å². The minimum absolute atomic E-state index is 0.223. The van der Waals surface area contributed by atoms with Crippen LogP contribution in [0.4, 0.5) is 4.39 Å². The van der Waals surface area contributed by atoms with E-state index < -0.39 is 10.0 Å². The first-order valence-corrected chi connectivity index (χ1v) is 10.2. The Kier molecular flexibility index (Phi) is 4.76. The molecule has 0 unspecified atom stereocenters. The number of halogens is 1. The number of hydrogen-bond donors (Lipinski definition) is 0. The second kappa shape index (κ2) is 6.49. The second-order valence-corrected chi connectivity index (χ2v) is 8.86. The van der Waals surface area contributed by atoms with Crippen molar-refractivity contribution in [3.05, 3.63) is 35.6 Å². The van der Waals surface area contributed by atoms with E-state index in [0.29, 0.717) is 6.54 Å². The van der Waals surface area contributed by atoms with Gasteiger partial charge >= 0.3 is 0 Å². The predicted octanol–water partition coefficient (Wildman–Crippen LogP) is 2.61. The third-order valence-corrected chi connectivity index (χ3v) is 6.51. The van der Waals surface area contributed by atoms with Crippen molar-refractivity contribution in [2.75, 3.05) is 25.9 Å². The van der Waals surface area contributed by atoms with Crippen LogP contribution in [0, 0.1) is 5.82 Å². The molecular formula is C17H25FN2O2S. The van der Waals surface area contributed by atoms with Gasteiger partial charge in [-0.3, -0.25) is 4.90 Å². The molecule has 128 valence electrons. The number of sulfonamides is 1. The maximum Gasteiger partial charge on any atom is 0.211 e. The Morgan fingerprint density at radius 2 is 1.78 bits per heavy atom. The molecule has 0 N–H and O–H groups in total. The van der Waals surface area contributed by atoms with Gasteiger partial charge in [0.05, 0.1) is 6.26 Å². The van der Waals surface area contributed by atoms with Crippen molar-refractivity contribution in [2.45, 2.75) is 44.2 Å². The first-order chi connectivity index (χ1) is 10.9. The average molecular weight is 340 g/mol. The molecule has 0 saturated carbocycles. The molecule has 2 aliphatic rings. The molecule has 2 aliphatic heterocycles. The summed E-state index contributed by atoms with van der Waals surface area (Å²) in [5.41, 5.74) is 0.828.